The van der Waals surface area contributed by atoms with E-state index in [4.69, 9.17) is 15.4 Å². The number of hydrogen-bond acceptors (Lipinski definition) is 4. The van der Waals surface area contributed by atoms with Gasteiger partial charge in [-0.1, -0.05) is 79.9 Å². The maximum atomic E-state index is 12.6. The lowest BCUT2D eigenvalue weighted by atomic mass is 9.68. The molecule has 0 bridgehead atoms. The molecule has 2 aromatic rings. The number of alkyl carbamates (subject to hydrolysis) is 1. The SMILES string of the molecule is O=C(NC(c1ccccc1)C1(CS(=O)(=O)Cl)CCCCC1)OCc1ccccc1. The van der Waals surface area contributed by atoms with Crippen molar-refractivity contribution in [3.63, 3.8) is 0 Å². The van der Waals surface area contributed by atoms with E-state index in [-0.39, 0.29) is 12.4 Å². The minimum absolute atomic E-state index is 0.148. The van der Waals surface area contributed by atoms with Gasteiger partial charge in [0.1, 0.15) is 6.61 Å². The van der Waals surface area contributed by atoms with E-state index in [2.05, 4.69) is 5.32 Å². The van der Waals surface area contributed by atoms with Crippen molar-refractivity contribution in [1.82, 2.24) is 5.32 Å². The van der Waals surface area contributed by atoms with Gasteiger partial charge in [-0.15, -0.1) is 0 Å². The van der Waals surface area contributed by atoms with Gasteiger partial charge in [-0.05, 0) is 24.0 Å². The van der Waals surface area contributed by atoms with Gasteiger partial charge >= 0.3 is 6.09 Å². The Morgan fingerprint density at radius 1 is 1.00 bits per heavy atom. The van der Waals surface area contributed by atoms with Gasteiger partial charge in [0.15, 0.2) is 0 Å². The molecule has 2 aromatic carbocycles. The summed E-state index contributed by atoms with van der Waals surface area (Å²) >= 11 is 0. The molecule has 1 unspecified atom stereocenters. The largest absolute Gasteiger partial charge is 0.445 e. The maximum Gasteiger partial charge on any atom is 0.407 e. The molecule has 0 aromatic heterocycles. The fourth-order valence-electron chi connectivity index (χ4n) is 4.23. The van der Waals surface area contributed by atoms with Crippen LogP contribution < -0.4 is 5.32 Å². The van der Waals surface area contributed by atoms with Crippen molar-refractivity contribution in [2.24, 2.45) is 5.41 Å². The molecule has 0 radical (unpaired) electrons. The predicted molar refractivity (Wildman–Crippen MR) is 114 cm³/mol. The van der Waals surface area contributed by atoms with Crippen LogP contribution in [0.15, 0.2) is 60.7 Å². The van der Waals surface area contributed by atoms with E-state index in [1.165, 1.54) is 0 Å². The second-order valence-electron chi connectivity index (χ2n) is 7.66. The van der Waals surface area contributed by atoms with E-state index in [9.17, 15) is 13.2 Å². The Hall–Kier alpha value is -2.05. The lowest BCUT2D eigenvalue weighted by Gasteiger charge is -2.43. The highest BCUT2D eigenvalue weighted by molar-refractivity contribution is 8.13. The average molecular weight is 436 g/mol. The number of ether oxygens (including phenoxy) is 1. The van der Waals surface area contributed by atoms with Crippen molar-refractivity contribution in [3.8, 4) is 0 Å². The molecule has 0 saturated heterocycles. The van der Waals surface area contributed by atoms with Crippen LogP contribution in [0, 0.1) is 5.41 Å². The van der Waals surface area contributed by atoms with Crippen molar-refractivity contribution in [1.29, 1.82) is 0 Å². The third-order valence-corrected chi connectivity index (χ3v) is 6.78. The topological polar surface area (TPSA) is 72.5 Å². The van der Waals surface area contributed by atoms with Gasteiger partial charge in [0.2, 0.25) is 9.05 Å². The molecule has 29 heavy (non-hydrogen) atoms. The normalized spacial score (nSPS) is 17.3. The van der Waals surface area contributed by atoms with Gasteiger partial charge in [-0.3, -0.25) is 0 Å². The lowest BCUT2D eigenvalue weighted by Crippen LogP contribution is -2.45. The van der Waals surface area contributed by atoms with Gasteiger partial charge in [0.25, 0.3) is 0 Å². The summed E-state index contributed by atoms with van der Waals surface area (Å²) in [6.45, 7) is 0.148. The molecule has 3 rings (SSSR count). The number of benzene rings is 2. The first-order valence-corrected chi connectivity index (χ1v) is 12.3. The molecule has 0 aliphatic heterocycles. The van der Waals surface area contributed by atoms with Crippen LogP contribution in [0.2, 0.25) is 0 Å². The molecule has 5 nitrogen and oxygen atoms in total. The number of carbonyl (C=O) groups excluding carboxylic acids is 1. The van der Waals surface area contributed by atoms with Crippen molar-refractivity contribution in [3.05, 3.63) is 71.8 Å². The molecule has 1 N–H and O–H groups in total. The standard InChI is InChI=1S/C22H26ClNO4S/c23-29(26,27)17-22(14-8-3-9-15-22)20(19-12-6-2-7-13-19)24-21(25)28-16-18-10-4-1-5-11-18/h1-2,4-7,10-13,20H,3,8-9,14-17H2,(H,24,25). The van der Waals surface area contributed by atoms with Crippen LogP contribution in [0.3, 0.4) is 0 Å². The summed E-state index contributed by atoms with van der Waals surface area (Å²) < 4.78 is 29.5. The van der Waals surface area contributed by atoms with Crippen molar-refractivity contribution in [2.75, 3.05) is 5.75 Å². The van der Waals surface area contributed by atoms with Gasteiger partial charge in [-0.25, -0.2) is 13.2 Å². The van der Waals surface area contributed by atoms with Crippen molar-refractivity contribution < 1.29 is 17.9 Å². The number of nitrogens with one attached hydrogen (secondary N) is 1. The van der Waals surface area contributed by atoms with Gasteiger partial charge in [0, 0.05) is 16.1 Å². The minimum Gasteiger partial charge on any atom is -0.445 e. The summed E-state index contributed by atoms with van der Waals surface area (Å²) in [5, 5.41) is 2.95. The minimum atomic E-state index is -3.75. The lowest BCUT2D eigenvalue weighted by molar-refractivity contribution is 0.106. The highest BCUT2D eigenvalue weighted by Crippen LogP contribution is 2.47. The molecule has 1 amide bonds. The van der Waals surface area contributed by atoms with Crippen molar-refractivity contribution >= 4 is 25.8 Å². The Labute approximate surface area is 176 Å². The summed E-state index contributed by atoms with van der Waals surface area (Å²) in [7, 11) is 1.95. The third-order valence-electron chi connectivity index (χ3n) is 5.53. The number of rotatable bonds is 7. The van der Waals surface area contributed by atoms with Gasteiger partial charge in [0.05, 0.1) is 11.8 Å². The number of carbonyl (C=O) groups is 1. The number of hydrogen-bond donors (Lipinski definition) is 1. The summed E-state index contributed by atoms with van der Waals surface area (Å²) in [6.07, 6.45) is 3.63. The summed E-state index contributed by atoms with van der Waals surface area (Å²) in [4.78, 5) is 12.6. The molecule has 1 saturated carbocycles. The van der Waals surface area contributed by atoms with Crippen LogP contribution in [0.5, 0.6) is 0 Å². The van der Waals surface area contributed by atoms with Gasteiger partial charge in [-0.2, -0.15) is 0 Å². The Balaban J connectivity index is 1.84. The van der Waals surface area contributed by atoms with Gasteiger partial charge < -0.3 is 10.1 Å². The average Bonchev–Trinajstić information content (AvgIpc) is 2.71. The first kappa shape index (κ1) is 21.7. The Bertz CT molecular complexity index is 897. The smallest absolute Gasteiger partial charge is 0.407 e. The molecule has 0 spiro atoms. The molecular formula is C22H26ClNO4S. The molecule has 0 heterocycles. The molecular weight excluding hydrogens is 410 g/mol. The van der Waals surface area contributed by atoms with Crippen LogP contribution in [0.1, 0.15) is 49.3 Å². The Kier molecular flexibility index (Phi) is 7.19. The van der Waals surface area contributed by atoms with E-state index in [1.54, 1.807) is 0 Å². The number of halogens is 1. The Morgan fingerprint density at radius 2 is 1.59 bits per heavy atom. The van der Waals surface area contributed by atoms with E-state index in [1.807, 2.05) is 60.7 Å². The highest BCUT2D eigenvalue weighted by Gasteiger charge is 2.44. The monoisotopic (exact) mass is 435 g/mol. The summed E-state index contributed by atoms with van der Waals surface area (Å²) in [5.74, 6) is -0.180. The van der Waals surface area contributed by atoms with Crippen LogP contribution in [0.25, 0.3) is 0 Å². The zero-order chi connectivity index (χ0) is 20.7. The van der Waals surface area contributed by atoms with E-state index in [0.717, 1.165) is 30.4 Å². The zero-order valence-electron chi connectivity index (χ0n) is 16.2. The van der Waals surface area contributed by atoms with E-state index >= 15 is 0 Å². The highest BCUT2D eigenvalue weighted by atomic mass is 35.7. The van der Waals surface area contributed by atoms with E-state index < -0.39 is 26.6 Å². The number of amides is 1. The maximum absolute atomic E-state index is 12.6. The predicted octanol–water partition coefficient (Wildman–Crippen LogP) is 5.17. The molecule has 7 heteroatoms. The fourth-order valence-corrected chi connectivity index (χ4v) is 6.03. The molecule has 1 fully saturated rings. The van der Waals surface area contributed by atoms with E-state index in [0.29, 0.717) is 12.8 Å². The first-order chi connectivity index (χ1) is 13.9. The molecule has 1 aliphatic rings. The fraction of sp³-hybridized carbons (Fsp3) is 0.409. The molecule has 1 aliphatic carbocycles. The van der Waals surface area contributed by atoms with Crippen LogP contribution in [-0.2, 0) is 20.4 Å². The van der Waals surface area contributed by atoms with Crippen LogP contribution in [0.4, 0.5) is 4.79 Å². The van der Waals surface area contributed by atoms with Crippen LogP contribution >= 0.6 is 10.7 Å². The summed E-state index contributed by atoms with van der Waals surface area (Å²) in [5.41, 5.74) is 1.08. The summed E-state index contributed by atoms with van der Waals surface area (Å²) in [6, 6.07) is 18.4. The van der Waals surface area contributed by atoms with Crippen molar-refractivity contribution in [2.45, 2.75) is 44.8 Å². The molecule has 1 atom stereocenters. The first-order valence-electron chi connectivity index (χ1n) is 9.82. The Morgan fingerprint density at radius 3 is 2.17 bits per heavy atom. The third kappa shape index (κ3) is 6.21. The second-order valence-corrected chi connectivity index (χ2v) is 10.4. The second kappa shape index (κ2) is 9.63. The zero-order valence-corrected chi connectivity index (χ0v) is 17.8. The molecule has 156 valence electrons. The van der Waals surface area contributed by atoms with Crippen LogP contribution in [-0.4, -0.2) is 20.3 Å². The quantitative estimate of drug-likeness (QED) is 0.608.